The normalized spacial score (nSPS) is 13.7. The van der Waals surface area contributed by atoms with Crippen molar-refractivity contribution in [1.82, 2.24) is 4.72 Å². The molecule has 1 unspecified atom stereocenters. The van der Waals surface area contributed by atoms with E-state index >= 15 is 0 Å². The molecule has 0 saturated heterocycles. The predicted molar refractivity (Wildman–Crippen MR) is 68.6 cm³/mol. The van der Waals surface area contributed by atoms with Crippen molar-refractivity contribution in [2.45, 2.75) is 32.1 Å². The lowest BCUT2D eigenvalue weighted by molar-refractivity contribution is 0.414. The van der Waals surface area contributed by atoms with Crippen molar-refractivity contribution in [3.05, 3.63) is 29.8 Å². The minimum atomic E-state index is -3.24. The van der Waals surface area contributed by atoms with E-state index in [4.69, 9.17) is 4.74 Å². The zero-order valence-corrected chi connectivity index (χ0v) is 11.4. The van der Waals surface area contributed by atoms with Crippen LogP contribution in [0.1, 0.15) is 32.4 Å². The van der Waals surface area contributed by atoms with Gasteiger partial charge in [0.15, 0.2) is 0 Å². The monoisotopic (exact) mass is 257 g/mol. The van der Waals surface area contributed by atoms with Crippen LogP contribution >= 0.6 is 0 Å². The van der Waals surface area contributed by atoms with Crippen LogP contribution in [-0.2, 0) is 10.0 Å². The lowest BCUT2D eigenvalue weighted by atomic mass is 10.1. The zero-order valence-electron chi connectivity index (χ0n) is 10.6. The maximum absolute atomic E-state index is 11.7. The van der Waals surface area contributed by atoms with Crippen LogP contribution < -0.4 is 9.46 Å². The third-order valence-electron chi connectivity index (χ3n) is 2.58. The minimum Gasteiger partial charge on any atom is -0.497 e. The van der Waals surface area contributed by atoms with Crippen LogP contribution in [0, 0.1) is 0 Å². The van der Waals surface area contributed by atoms with Crippen LogP contribution in [0.4, 0.5) is 0 Å². The molecule has 0 heterocycles. The molecule has 0 aliphatic rings. The molecule has 0 radical (unpaired) electrons. The molecule has 0 aliphatic carbocycles. The molecule has 0 spiro atoms. The average molecular weight is 257 g/mol. The Morgan fingerprint density at radius 2 is 1.65 bits per heavy atom. The highest BCUT2D eigenvalue weighted by Crippen LogP contribution is 2.18. The minimum absolute atomic E-state index is 0.242. The molecule has 0 aromatic heterocycles. The first-order valence-corrected chi connectivity index (χ1v) is 7.06. The van der Waals surface area contributed by atoms with E-state index in [0.717, 1.165) is 11.3 Å². The molecule has 17 heavy (non-hydrogen) atoms. The Morgan fingerprint density at radius 1 is 1.12 bits per heavy atom. The number of ether oxygens (including phenoxy) is 1. The van der Waals surface area contributed by atoms with Gasteiger partial charge in [0, 0.05) is 6.04 Å². The summed E-state index contributed by atoms with van der Waals surface area (Å²) in [6.45, 7) is 5.13. The fourth-order valence-corrected chi connectivity index (χ4v) is 2.24. The van der Waals surface area contributed by atoms with Crippen LogP contribution in [0.25, 0.3) is 0 Å². The van der Waals surface area contributed by atoms with E-state index in [1.807, 2.05) is 31.2 Å². The molecule has 0 fully saturated rings. The van der Waals surface area contributed by atoms with Crippen molar-refractivity contribution in [2.24, 2.45) is 0 Å². The quantitative estimate of drug-likeness (QED) is 0.878. The lowest BCUT2D eigenvalue weighted by Gasteiger charge is -2.16. The van der Waals surface area contributed by atoms with Crippen molar-refractivity contribution < 1.29 is 13.2 Å². The zero-order chi connectivity index (χ0) is 13.1. The number of hydrogen-bond acceptors (Lipinski definition) is 3. The fourth-order valence-electron chi connectivity index (χ4n) is 1.34. The van der Waals surface area contributed by atoms with E-state index in [2.05, 4.69) is 4.72 Å². The molecule has 1 rings (SSSR count). The molecule has 0 saturated carbocycles. The molecule has 1 aromatic rings. The molecule has 5 heteroatoms. The van der Waals surface area contributed by atoms with Crippen molar-refractivity contribution >= 4 is 10.0 Å². The summed E-state index contributed by atoms with van der Waals surface area (Å²) in [6, 6.07) is 7.09. The molecule has 4 nitrogen and oxygen atoms in total. The standard InChI is InChI=1S/C12H19NO3S/c1-9(2)17(14,15)13-10(3)11-5-7-12(16-4)8-6-11/h5-10,13H,1-4H3. The second kappa shape index (κ2) is 5.51. The van der Waals surface area contributed by atoms with E-state index in [-0.39, 0.29) is 6.04 Å². The average Bonchev–Trinajstić information content (AvgIpc) is 2.28. The first kappa shape index (κ1) is 14.0. The largest absolute Gasteiger partial charge is 0.497 e. The summed E-state index contributed by atoms with van der Waals surface area (Å²) in [5.74, 6) is 0.757. The van der Waals surface area contributed by atoms with E-state index in [1.165, 1.54) is 0 Å². The molecule has 96 valence electrons. The van der Waals surface area contributed by atoms with Crippen molar-refractivity contribution in [2.75, 3.05) is 7.11 Å². The third kappa shape index (κ3) is 3.71. The highest BCUT2D eigenvalue weighted by molar-refractivity contribution is 7.90. The molecule has 1 N–H and O–H groups in total. The topological polar surface area (TPSA) is 55.4 Å². The maximum atomic E-state index is 11.7. The van der Waals surface area contributed by atoms with Gasteiger partial charge in [0.2, 0.25) is 10.0 Å². The Kier molecular flexibility index (Phi) is 4.54. The second-order valence-electron chi connectivity index (χ2n) is 4.21. The van der Waals surface area contributed by atoms with E-state index in [9.17, 15) is 8.42 Å². The molecular weight excluding hydrogens is 238 g/mol. The Balaban J connectivity index is 2.80. The molecule has 0 amide bonds. The van der Waals surface area contributed by atoms with Gasteiger partial charge in [0.25, 0.3) is 0 Å². The Morgan fingerprint density at radius 3 is 2.06 bits per heavy atom. The number of rotatable bonds is 5. The van der Waals surface area contributed by atoms with Gasteiger partial charge in [-0.25, -0.2) is 13.1 Å². The summed E-state index contributed by atoms with van der Waals surface area (Å²) in [7, 11) is -1.65. The van der Waals surface area contributed by atoms with Crippen molar-refractivity contribution in [3.63, 3.8) is 0 Å². The Hall–Kier alpha value is -1.07. The summed E-state index contributed by atoms with van der Waals surface area (Å²) in [6.07, 6.45) is 0. The predicted octanol–water partition coefficient (Wildman–Crippen LogP) is 2.08. The van der Waals surface area contributed by atoms with Gasteiger partial charge in [-0.2, -0.15) is 0 Å². The van der Waals surface area contributed by atoms with Gasteiger partial charge in [-0.1, -0.05) is 12.1 Å². The Bertz CT molecular complexity index is 451. The number of hydrogen-bond donors (Lipinski definition) is 1. The van der Waals surface area contributed by atoms with Gasteiger partial charge < -0.3 is 4.74 Å². The summed E-state index contributed by atoms with van der Waals surface area (Å²) < 4.78 is 31.1. The third-order valence-corrected chi connectivity index (χ3v) is 4.50. The first-order valence-electron chi connectivity index (χ1n) is 5.52. The molecular formula is C12H19NO3S. The van der Waals surface area contributed by atoms with Crippen molar-refractivity contribution in [1.29, 1.82) is 0 Å². The van der Waals surface area contributed by atoms with Crippen LogP contribution in [-0.4, -0.2) is 20.8 Å². The maximum Gasteiger partial charge on any atom is 0.214 e. The number of benzene rings is 1. The van der Waals surface area contributed by atoms with E-state index in [0.29, 0.717) is 0 Å². The molecule has 1 atom stereocenters. The van der Waals surface area contributed by atoms with Crippen LogP contribution in [0.2, 0.25) is 0 Å². The number of methoxy groups -OCH3 is 1. The van der Waals surface area contributed by atoms with Gasteiger partial charge in [-0.05, 0) is 38.5 Å². The summed E-state index contributed by atoms with van der Waals surface area (Å²) in [5.41, 5.74) is 0.912. The van der Waals surface area contributed by atoms with Gasteiger partial charge in [0.05, 0.1) is 12.4 Å². The number of sulfonamides is 1. The van der Waals surface area contributed by atoms with Crippen LogP contribution in [0.5, 0.6) is 5.75 Å². The molecule has 0 bridgehead atoms. The van der Waals surface area contributed by atoms with Crippen LogP contribution in [0.15, 0.2) is 24.3 Å². The van der Waals surface area contributed by atoms with Gasteiger partial charge in [-0.15, -0.1) is 0 Å². The molecule has 0 aliphatic heterocycles. The second-order valence-corrected chi connectivity index (χ2v) is 6.47. The summed E-state index contributed by atoms with van der Waals surface area (Å²) in [5, 5.41) is -0.428. The summed E-state index contributed by atoms with van der Waals surface area (Å²) in [4.78, 5) is 0. The van der Waals surface area contributed by atoms with Gasteiger partial charge in [-0.3, -0.25) is 0 Å². The van der Waals surface area contributed by atoms with Gasteiger partial charge >= 0.3 is 0 Å². The number of nitrogens with one attached hydrogen (secondary N) is 1. The fraction of sp³-hybridized carbons (Fsp3) is 0.500. The SMILES string of the molecule is COc1ccc(C(C)NS(=O)(=O)C(C)C)cc1. The Labute approximate surface area is 103 Å². The highest BCUT2D eigenvalue weighted by atomic mass is 32.2. The smallest absolute Gasteiger partial charge is 0.214 e. The van der Waals surface area contributed by atoms with Crippen molar-refractivity contribution in [3.8, 4) is 5.75 Å². The summed E-state index contributed by atoms with van der Waals surface area (Å²) >= 11 is 0. The molecule has 1 aromatic carbocycles. The first-order chi connectivity index (χ1) is 7.86. The lowest BCUT2D eigenvalue weighted by Crippen LogP contribution is -2.32. The highest BCUT2D eigenvalue weighted by Gasteiger charge is 2.19. The van der Waals surface area contributed by atoms with Crippen LogP contribution in [0.3, 0.4) is 0 Å². The van der Waals surface area contributed by atoms with E-state index in [1.54, 1.807) is 21.0 Å². The van der Waals surface area contributed by atoms with Gasteiger partial charge in [0.1, 0.15) is 5.75 Å². The van der Waals surface area contributed by atoms with E-state index < -0.39 is 15.3 Å².